The van der Waals surface area contributed by atoms with Crippen LogP contribution in [-0.2, 0) is 17.8 Å². The summed E-state index contributed by atoms with van der Waals surface area (Å²) in [4.78, 5) is 25.9. The molecule has 3 heterocycles. The molecule has 0 unspecified atom stereocenters. The second-order valence-electron chi connectivity index (χ2n) is 8.95. The number of benzene rings is 2. The minimum absolute atomic E-state index is 0.0917. The first-order valence-corrected chi connectivity index (χ1v) is 11.9. The molecule has 2 aliphatic heterocycles. The lowest BCUT2D eigenvalue weighted by atomic mass is 9.98. The standard InChI is InChI=1S/C26H31N5O2/c1-19-7-9-23(21-8-10-25(32)29-26(19)21)33-16-4-11-30-12-14-31(15-13-30)18-24-27-17-20-5-2-3-6-22(20)28-24/h2-3,5-7,9,17H,4,8,10-16,18H2,1H3,(H,29,32). The Kier molecular flexibility index (Phi) is 6.51. The molecule has 1 aromatic heterocycles. The maximum Gasteiger partial charge on any atom is 0.224 e. The third-order valence-corrected chi connectivity index (χ3v) is 6.59. The van der Waals surface area contributed by atoms with Gasteiger partial charge in [0.25, 0.3) is 0 Å². The molecule has 0 radical (unpaired) electrons. The molecular formula is C26H31N5O2. The number of anilines is 1. The third kappa shape index (κ3) is 5.15. The van der Waals surface area contributed by atoms with E-state index in [1.165, 1.54) is 0 Å². The molecule has 2 aliphatic rings. The van der Waals surface area contributed by atoms with Gasteiger partial charge in [0.2, 0.25) is 5.91 Å². The Morgan fingerprint density at radius 3 is 2.73 bits per heavy atom. The topological polar surface area (TPSA) is 70.6 Å². The number of piperazine rings is 1. The van der Waals surface area contributed by atoms with Crippen molar-refractivity contribution in [1.29, 1.82) is 0 Å². The van der Waals surface area contributed by atoms with E-state index in [-0.39, 0.29) is 5.91 Å². The first-order chi connectivity index (χ1) is 16.2. The number of hydrogen-bond donors (Lipinski definition) is 1. The highest BCUT2D eigenvalue weighted by Crippen LogP contribution is 2.34. The van der Waals surface area contributed by atoms with E-state index < -0.39 is 0 Å². The summed E-state index contributed by atoms with van der Waals surface area (Å²) in [6.07, 6.45) is 4.19. The molecule has 0 spiro atoms. The van der Waals surface area contributed by atoms with Crippen molar-refractivity contribution in [3.05, 3.63) is 59.5 Å². The van der Waals surface area contributed by atoms with Crippen LogP contribution in [0.2, 0.25) is 0 Å². The molecule has 1 amide bonds. The summed E-state index contributed by atoms with van der Waals surface area (Å²) >= 11 is 0. The molecule has 7 heteroatoms. The van der Waals surface area contributed by atoms with Gasteiger partial charge in [-0.05, 0) is 37.5 Å². The van der Waals surface area contributed by atoms with Crippen LogP contribution in [0.15, 0.2) is 42.6 Å². The molecule has 0 aliphatic carbocycles. The van der Waals surface area contributed by atoms with Crippen LogP contribution in [0.25, 0.3) is 10.9 Å². The molecule has 172 valence electrons. The van der Waals surface area contributed by atoms with Crippen molar-refractivity contribution in [2.75, 3.05) is 44.6 Å². The molecule has 2 aromatic carbocycles. The predicted molar refractivity (Wildman–Crippen MR) is 129 cm³/mol. The van der Waals surface area contributed by atoms with E-state index in [1.807, 2.05) is 49.5 Å². The van der Waals surface area contributed by atoms with Crippen molar-refractivity contribution >= 4 is 22.5 Å². The highest BCUT2D eigenvalue weighted by atomic mass is 16.5. The van der Waals surface area contributed by atoms with E-state index in [1.54, 1.807) is 0 Å². The van der Waals surface area contributed by atoms with Gasteiger partial charge >= 0.3 is 0 Å². The Morgan fingerprint density at radius 2 is 1.85 bits per heavy atom. The Labute approximate surface area is 194 Å². The van der Waals surface area contributed by atoms with Gasteiger partial charge in [0.1, 0.15) is 11.6 Å². The monoisotopic (exact) mass is 445 g/mol. The van der Waals surface area contributed by atoms with E-state index >= 15 is 0 Å². The minimum atomic E-state index is 0.0917. The van der Waals surface area contributed by atoms with Gasteiger partial charge in [-0.1, -0.05) is 24.3 Å². The Balaban J connectivity index is 1.06. The highest BCUT2D eigenvalue weighted by Gasteiger charge is 2.21. The highest BCUT2D eigenvalue weighted by molar-refractivity contribution is 5.95. The Bertz CT molecular complexity index is 1140. The fourth-order valence-electron chi connectivity index (χ4n) is 4.67. The minimum Gasteiger partial charge on any atom is -0.493 e. The fourth-order valence-corrected chi connectivity index (χ4v) is 4.67. The number of carbonyl (C=O) groups excluding carboxylic acids is 1. The summed E-state index contributed by atoms with van der Waals surface area (Å²) in [5, 5.41) is 4.09. The maximum absolute atomic E-state index is 11.7. The van der Waals surface area contributed by atoms with Gasteiger partial charge < -0.3 is 15.0 Å². The van der Waals surface area contributed by atoms with Gasteiger partial charge in [-0.15, -0.1) is 0 Å². The third-order valence-electron chi connectivity index (χ3n) is 6.59. The lowest BCUT2D eigenvalue weighted by Gasteiger charge is -2.34. The number of aryl methyl sites for hydroxylation is 1. The second kappa shape index (κ2) is 9.85. The molecular weight excluding hydrogens is 414 g/mol. The van der Waals surface area contributed by atoms with Crippen LogP contribution < -0.4 is 10.1 Å². The van der Waals surface area contributed by atoms with Gasteiger partial charge in [0.15, 0.2) is 0 Å². The number of hydrogen-bond acceptors (Lipinski definition) is 6. The molecule has 7 nitrogen and oxygen atoms in total. The van der Waals surface area contributed by atoms with Crippen molar-refractivity contribution in [3.8, 4) is 5.75 Å². The van der Waals surface area contributed by atoms with E-state index in [0.29, 0.717) is 13.0 Å². The quantitative estimate of drug-likeness (QED) is 0.562. The van der Waals surface area contributed by atoms with Crippen LogP contribution >= 0.6 is 0 Å². The SMILES string of the molecule is Cc1ccc(OCCCN2CCN(Cc3ncc4ccccc4n3)CC2)c2c1NC(=O)CC2. The summed E-state index contributed by atoms with van der Waals surface area (Å²) < 4.78 is 6.12. The fraction of sp³-hybridized carbons (Fsp3) is 0.423. The largest absolute Gasteiger partial charge is 0.493 e. The molecule has 3 aromatic rings. The van der Waals surface area contributed by atoms with Crippen molar-refractivity contribution in [2.45, 2.75) is 32.7 Å². The van der Waals surface area contributed by atoms with E-state index in [0.717, 1.165) is 91.4 Å². The zero-order valence-corrected chi connectivity index (χ0v) is 19.2. The average Bonchev–Trinajstić information content (AvgIpc) is 2.84. The van der Waals surface area contributed by atoms with Crippen LogP contribution in [0, 0.1) is 6.92 Å². The van der Waals surface area contributed by atoms with Gasteiger partial charge in [0, 0.05) is 56.3 Å². The van der Waals surface area contributed by atoms with Gasteiger partial charge in [-0.25, -0.2) is 9.97 Å². The lowest BCUT2D eigenvalue weighted by molar-refractivity contribution is -0.116. The molecule has 1 fully saturated rings. The number of fused-ring (bicyclic) bond motifs is 2. The number of nitrogens with zero attached hydrogens (tertiary/aromatic N) is 4. The number of ether oxygens (including phenoxy) is 1. The normalized spacial score (nSPS) is 17.1. The van der Waals surface area contributed by atoms with Crippen molar-refractivity contribution in [2.24, 2.45) is 0 Å². The van der Waals surface area contributed by atoms with Gasteiger partial charge in [0.05, 0.1) is 24.4 Å². The lowest BCUT2D eigenvalue weighted by Crippen LogP contribution is -2.46. The average molecular weight is 446 g/mol. The summed E-state index contributed by atoms with van der Waals surface area (Å²) in [5.41, 5.74) is 4.19. The van der Waals surface area contributed by atoms with Crippen LogP contribution in [0.5, 0.6) is 5.75 Å². The predicted octanol–water partition coefficient (Wildman–Crippen LogP) is 3.41. The van der Waals surface area contributed by atoms with Gasteiger partial charge in [-0.3, -0.25) is 9.69 Å². The number of rotatable bonds is 7. The van der Waals surface area contributed by atoms with E-state index in [2.05, 4.69) is 20.1 Å². The maximum atomic E-state index is 11.7. The summed E-state index contributed by atoms with van der Waals surface area (Å²) in [6, 6.07) is 12.2. The van der Waals surface area contributed by atoms with E-state index in [9.17, 15) is 4.79 Å². The van der Waals surface area contributed by atoms with Crippen LogP contribution in [-0.4, -0.2) is 65.0 Å². The number of aromatic nitrogens is 2. The first kappa shape index (κ1) is 21.8. The smallest absolute Gasteiger partial charge is 0.224 e. The Hall–Kier alpha value is -3.03. The number of amides is 1. The number of nitrogens with one attached hydrogen (secondary N) is 1. The zero-order chi connectivity index (χ0) is 22.6. The Morgan fingerprint density at radius 1 is 1.03 bits per heavy atom. The molecule has 0 saturated carbocycles. The van der Waals surface area contributed by atoms with Crippen LogP contribution in [0.4, 0.5) is 5.69 Å². The van der Waals surface area contributed by atoms with Crippen molar-refractivity contribution in [3.63, 3.8) is 0 Å². The van der Waals surface area contributed by atoms with Crippen LogP contribution in [0.3, 0.4) is 0 Å². The molecule has 0 atom stereocenters. The van der Waals surface area contributed by atoms with Crippen molar-refractivity contribution in [1.82, 2.24) is 19.8 Å². The van der Waals surface area contributed by atoms with Crippen LogP contribution in [0.1, 0.15) is 29.8 Å². The summed E-state index contributed by atoms with van der Waals surface area (Å²) in [6.45, 7) is 8.72. The molecule has 1 saturated heterocycles. The van der Waals surface area contributed by atoms with Crippen molar-refractivity contribution < 1.29 is 9.53 Å². The van der Waals surface area contributed by atoms with E-state index in [4.69, 9.17) is 9.72 Å². The first-order valence-electron chi connectivity index (χ1n) is 11.9. The summed E-state index contributed by atoms with van der Waals surface area (Å²) in [7, 11) is 0. The molecule has 33 heavy (non-hydrogen) atoms. The second-order valence-corrected chi connectivity index (χ2v) is 8.95. The summed E-state index contributed by atoms with van der Waals surface area (Å²) in [5.74, 6) is 1.90. The molecule has 5 rings (SSSR count). The number of para-hydroxylation sites is 1. The molecule has 0 bridgehead atoms. The number of carbonyl (C=O) groups is 1. The zero-order valence-electron chi connectivity index (χ0n) is 19.2. The molecule has 1 N–H and O–H groups in total. The van der Waals surface area contributed by atoms with Gasteiger partial charge in [-0.2, -0.15) is 0 Å².